The Morgan fingerprint density at radius 3 is 2.29 bits per heavy atom. The fourth-order valence-corrected chi connectivity index (χ4v) is 3.41. The van der Waals surface area contributed by atoms with Gasteiger partial charge in [0.1, 0.15) is 17.0 Å². The number of nitrogens with zero attached hydrogens (tertiary/aromatic N) is 3. The van der Waals surface area contributed by atoms with Crippen LogP contribution >= 0.6 is 0 Å². The zero-order valence-electron chi connectivity index (χ0n) is 17.7. The Morgan fingerprint density at radius 2 is 1.79 bits per heavy atom. The summed E-state index contributed by atoms with van der Waals surface area (Å²) >= 11 is 0. The Morgan fingerprint density at radius 1 is 1.18 bits per heavy atom. The second-order valence-electron chi connectivity index (χ2n) is 7.93. The van der Waals surface area contributed by atoms with Crippen LogP contribution in [0, 0.1) is 6.92 Å². The number of aryl methyl sites for hydroxylation is 1. The Bertz CT molecular complexity index is 786. The van der Waals surface area contributed by atoms with E-state index in [-0.39, 0.29) is 29.7 Å². The molecule has 1 amide bonds. The van der Waals surface area contributed by atoms with Crippen molar-refractivity contribution in [3.05, 3.63) is 27.4 Å². The van der Waals surface area contributed by atoms with Crippen LogP contribution in [0.25, 0.3) is 0 Å². The first-order valence-corrected chi connectivity index (χ1v) is 9.85. The third kappa shape index (κ3) is 4.91. The van der Waals surface area contributed by atoms with Gasteiger partial charge in [0.15, 0.2) is 0 Å². The second kappa shape index (κ2) is 8.75. The molecule has 0 aliphatic carbocycles. The highest BCUT2D eigenvalue weighted by atomic mass is 16.6. The van der Waals surface area contributed by atoms with Crippen molar-refractivity contribution in [2.45, 2.75) is 72.4 Å². The highest BCUT2D eigenvalue weighted by Gasteiger charge is 2.32. The fourth-order valence-electron chi connectivity index (χ4n) is 3.41. The first-order valence-electron chi connectivity index (χ1n) is 9.85. The summed E-state index contributed by atoms with van der Waals surface area (Å²) in [6.07, 6.45) is 0.864. The normalized spacial score (nSPS) is 15.4. The minimum Gasteiger partial charge on any atom is -0.462 e. The first-order chi connectivity index (χ1) is 13.1. The molecule has 156 valence electrons. The summed E-state index contributed by atoms with van der Waals surface area (Å²) in [5.41, 5.74) is -0.411. The molecule has 2 heterocycles. The molecule has 0 saturated carbocycles. The van der Waals surface area contributed by atoms with E-state index in [1.54, 1.807) is 18.7 Å². The molecule has 1 aromatic rings. The standard InChI is InChI=1S/C20H31N3O5/c1-7-23-13(3)21-16(15(17(23)24)18(25)27-8-2)14-9-11-22(12-10-14)19(26)28-20(4,5)6/h14H,7-12H2,1-6H3. The fraction of sp³-hybridized carbons (Fsp3) is 0.700. The number of hydrogen-bond acceptors (Lipinski definition) is 6. The van der Waals surface area contributed by atoms with Gasteiger partial charge in [0.25, 0.3) is 5.56 Å². The Labute approximate surface area is 165 Å². The Hall–Kier alpha value is -2.38. The van der Waals surface area contributed by atoms with E-state index in [4.69, 9.17) is 9.47 Å². The predicted octanol–water partition coefficient (Wildman–Crippen LogP) is 2.86. The summed E-state index contributed by atoms with van der Waals surface area (Å²) < 4.78 is 12.0. The molecule has 0 atom stereocenters. The van der Waals surface area contributed by atoms with E-state index in [9.17, 15) is 14.4 Å². The van der Waals surface area contributed by atoms with Crippen molar-refractivity contribution < 1.29 is 19.1 Å². The van der Waals surface area contributed by atoms with E-state index in [1.807, 2.05) is 27.7 Å². The van der Waals surface area contributed by atoms with E-state index >= 15 is 0 Å². The molecule has 0 unspecified atom stereocenters. The van der Waals surface area contributed by atoms with Gasteiger partial charge < -0.3 is 14.4 Å². The Balaban J connectivity index is 2.28. The zero-order chi connectivity index (χ0) is 21.1. The van der Waals surface area contributed by atoms with Crippen LogP contribution in [0.2, 0.25) is 0 Å². The van der Waals surface area contributed by atoms with Gasteiger partial charge in [-0.25, -0.2) is 14.6 Å². The van der Waals surface area contributed by atoms with Crippen molar-refractivity contribution in [2.75, 3.05) is 19.7 Å². The number of piperidine rings is 1. The van der Waals surface area contributed by atoms with Crippen molar-refractivity contribution >= 4 is 12.1 Å². The van der Waals surface area contributed by atoms with E-state index in [0.29, 0.717) is 44.0 Å². The lowest BCUT2D eigenvalue weighted by molar-refractivity contribution is 0.0202. The van der Waals surface area contributed by atoms with Crippen LogP contribution in [0.4, 0.5) is 4.79 Å². The third-order valence-corrected chi connectivity index (χ3v) is 4.72. The van der Waals surface area contributed by atoms with Gasteiger partial charge in [-0.2, -0.15) is 0 Å². The molecular weight excluding hydrogens is 362 g/mol. The highest BCUT2D eigenvalue weighted by Crippen LogP contribution is 2.29. The monoisotopic (exact) mass is 393 g/mol. The van der Waals surface area contributed by atoms with E-state index in [0.717, 1.165) is 0 Å². The van der Waals surface area contributed by atoms with Crippen LogP contribution in [-0.2, 0) is 16.0 Å². The van der Waals surface area contributed by atoms with Crippen molar-refractivity contribution in [1.29, 1.82) is 0 Å². The summed E-state index contributed by atoms with van der Waals surface area (Å²) in [5, 5.41) is 0. The number of rotatable bonds is 4. The van der Waals surface area contributed by atoms with Gasteiger partial charge in [0.2, 0.25) is 0 Å². The molecule has 1 aliphatic rings. The zero-order valence-corrected chi connectivity index (χ0v) is 17.7. The van der Waals surface area contributed by atoms with Crippen LogP contribution in [-0.4, -0.2) is 51.8 Å². The Kier molecular flexibility index (Phi) is 6.85. The maximum atomic E-state index is 12.9. The van der Waals surface area contributed by atoms with Crippen LogP contribution in [0.5, 0.6) is 0 Å². The average Bonchev–Trinajstić information content (AvgIpc) is 2.60. The highest BCUT2D eigenvalue weighted by molar-refractivity contribution is 5.90. The molecule has 0 aromatic carbocycles. The number of carbonyl (C=O) groups is 2. The maximum absolute atomic E-state index is 12.9. The van der Waals surface area contributed by atoms with Crippen molar-refractivity contribution in [2.24, 2.45) is 0 Å². The molecule has 1 saturated heterocycles. The van der Waals surface area contributed by atoms with Crippen LogP contribution in [0.15, 0.2) is 4.79 Å². The molecule has 1 aliphatic heterocycles. The minimum absolute atomic E-state index is 0.0185. The van der Waals surface area contributed by atoms with Gasteiger partial charge in [-0.05, 0) is 54.4 Å². The lowest BCUT2D eigenvalue weighted by Crippen LogP contribution is -2.42. The quantitative estimate of drug-likeness (QED) is 0.731. The van der Waals surface area contributed by atoms with Crippen molar-refractivity contribution in [3.8, 4) is 0 Å². The van der Waals surface area contributed by atoms with Crippen molar-refractivity contribution in [1.82, 2.24) is 14.5 Å². The van der Waals surface area contributed by atoms with Gasteiger partial charge in [0.05, 0.1) is 12.3 Å². The molecule has 1 aromatic heterocycles. The number of ether oxygens (including phenoxy) is 2. The topological polar surface area (TPSA) is 90.7 Å². The van der Waals surface area contributed by atoms with E-state index in [2.05, 4.69) is 4.98 Å². The van der Waals surface area contributed by atoms with Crippen LogP contribution < -0.4 is 5.56 Å². The first kappa shape index (κ1) is 21.9. The lowest BCUT2D eigenvalue weighted by atomic mass is 9.90. The van der Waals surface area contributed by atoms with Crippen LogP contribution in [0.3, 0.4) is 0 Å². The third-order valence-electron chi connectivity index (χ3n) is 4.72. The number of amides is 1. The van der Waals surface area contributed by atoms with Gasteiger partial charge in [-0.3, -0.25) is 9.36 Å². The molecule has 8 nitrogen and oxygen atoms in total. The SMILES string of the molecule is CCOC(=O)c1c(C2CCN(C(=O)OC(C)(C)C)CC2)nc(C)n(CC)c1=O. The number of aromatic nitrogens is 2. The number of carbonyl (C=O) groups excluding carboxylic acids is 2. The smallest absolute Gasteiger partial charge is 0.410 e. The lowest BCUT2D eigenvalue weighted by Gasteiger charge is -2.33. The molecule has 8 heteroatoms. The molecule has 0 bridgehead atoms. The van der Waals surface area contributed by atoms with Crippen LogP contribution in [0.1, 0.15) is 75.3 Å². The summed E-state index contributed by atoms with van der Waals surface area (Å²) in [6, 6.07) is 0. The number of hydrogen-bond donors (Lipinski definition) is 0. The van der Waals surface area contributed by atoms with Gasteiger partial charge >= 0.3 is 12.1 Å². The van der Waals surface area contributed by atoms with Gasteiger partial charge in [0, 0.05) is 25.6 Å². The van der Waals surface area contributed by atoms with E-state index < -0.39 is 11.6 Å². The molecule has 0 N–H and O–H groups in total. The molecule has 0 spiro atoms. The summed E-state index contributed by atoms with van der Waals surface area (Å²) in [7, 11) is 0. The average molecular weight is 393 g/mol. The molecule has 28 heavy (non-hydrogen) atoms. The second-order valence-corrected chi connectivity index (χ2v) is 7.93. The largest absolute Gasteiger partial charge is 0.462 e. The molecular formula is C20H31N3O5. The van der Waals surface area contributed by atoms with Gasteiger partial charge in [-0.1, -0.05) is 0 Å². The van der Waals surface area contributed by atoms with E-state index in [1.165, 1.54) is 4.57 Å². The molecule has 2 rings (SSSR count). The summed E-state index contributed by atoms with van der Waals surface area (Å²) in [6.45, 7) is 12.4. The predicted molar refractivity (Wildman–Crippen MR) is 105 cm³/mol. The summed E-state index contributed by atoms with van der Waals surface area (Å²) in [4.78, 5) is 43.9. The van der Waals surface area contributed by atoms with Gasteiger partial charge in [-0.15, -0.1) is 0 Å². The number of esters is 1. The number of likely N-dealkylation sites (tertiary alicyclic amines) is 1. The molecule has 0 radical (unpaired) electrons. The maximum Gasteiger partial charge on any atom is 0.410 e. The van der Waals surface area contributed by atoms with Crippen molar-refractivity contribution in [3.63, 3.8) is 0 Å². The summed E-state index contributed by atoms with van der Waals surface area (Å²) in [5.74, 6) is -0.145. The molecule has 1 fully saturated rings. The minimum atomic E-state index is -0.633.